The maximum atomic E-state index is 12.2. The number of esters is 1. The Morgan fingerprint density at radius 2 is 1.88 bits per heavy atom. The Bertz CT molecular complexity index is 913. The van der Waals surface area contributed by atoms with Crippen LogP contribution in [-0.2, 0) is 16.0 Å². The molecule has 0 unspecified atom stereocenters. The largest absolute Gasteiger partial charge is 0.468 e. The molecule has 0 spiro atoms. The zero-order valence-electron chi connectivity index (χ0n) is 13.8. The second-order valence-corrected chi connectivity index (χ2v) is 6.30. The van der Waals surface area contributed by atoms with E-state index >= 15 is 0 Å². The highest BCUT2D eigenvalue weighted by Gasteiger charge is 2.34. The smallest absolute Gasteiger partial charge is 0.323 e. The maximum absolute atomic E-state index is 12.2. The van der Waals surface area contributed by atoms with E-state index in [9.17, 15) is 4.79 Å². The number of fused-ring (bicyclic) bond motifs is 3. The van der Waals surface area contributed by atoms with Gasteiger partial charge in [0.05, 0.1) is 13.2 Å². The number of aryl methyl sites for hydroxylation is 1. The van der Waals surface area contributed by atoms with Crippen LogP contribution in [0.3, 0.4) is 0 Å². The van der Waals surface area contributed by atoms with Crippen molar-refractivity contribution in [1.29, 1.82) is 0 Å². The molecule has 24 heavy (non-hydrogen) atoms. The van der Waals surface area contributed by atoms with Crippen molar-refractivity contribution in [3.63, 3.8) is 0 Å². The van der Waals surface area contributed by atoms with Gasteiger partial charge < -0.3 is 9.72 Å². The molecule has 0 aliphatic carbocycles. The first-order chi connectivity index (χ1) is 11.7. The predicted molar refractivity (Wildman–Crippen MR) is 94.0 cm³/mol. The zero-order chi connectivity index (χ0) is 16.7. The topological polar surface area (TPSA) is 54.1 Å². The molecule has 122 valence electrons. The van der Waals surface area contributed by atoms with E-state index in [4.69, 9.17) is 4.74 Å². The number of para-hydroxylation sites is 1. The summed E-state index contributed by atoms with van der Waals surface area (Å²) < 4.78 is 5.00. The van der Waals surface area contributed by atoms with Gasteiger partial charge in [-0.3, -0.25) is 10.1 Å². The fourth-order valence-corrected chi connectivity index (χ4v) is 3.68. The van der Waals surface area contributed by atoms with E-state index in [1.165, 1.54) is 29.2 Å². The van der Waals surface area contributed by atoms with E-state index in [2.05, 4.69) is 41.5 Å². The number of nitrogens with one attached hydrogen (secondary N) is 2. The number of hydrogen-bond donors (Lipinski definition) is 2. The summed E-state index contributed by atoms with van der Waals surface area (Å²) >= 11 is 0. The summed E-state index contributed by atoms with van der Waals surface area (Å²) in [6.07, 6.45) is 0.633. The fraction of sp³-hybridized carbons (Fsp3) is 0.250. The molecule has 1 aliphatic heterocycles. The minimum absolute atomic E-state index is 0.0496. The van der Waals surface area contributed by atoms with Crippen LogP contribution in [0.2, 0.25) is 0 Å². The summed E-state index contributed by atoms with van der Waals surface area (Å²) in [6.45, 7) is 2.10. The Morgan fingerprint density at radius 3 is 2.67 bits per heavy atom. The van der Waals surface area contributed by atoms with Gasteiger partial charge in [-0.05, 0) is 29.7 Å². The molecule has 4 nitrogen and oxygen atoms in total. The fourth-order valence-electron chi connectivity index (χ4n) is 3.68. The van der Waals surface area contributed by atoms with Crippen LogP contribution in [0.4, 0.5) is 0 Å². The lowest BCUT2D eigenvalue weighted by molar-refractivity contribution is -0.143. The van der Waals surface area contributed by atoms with E-state index < -0.39 is 0 Å². The first-order valence-electron chi connectivity index (χ1n) is 8.18. The number of hydrogen-bond acceptors (Lipinski definition) is 3. The highest BCUT2D eigenvalue weighted by Crippen LogP contribution is 2.36. The van der Waals surface area contributed by atoms with Crippen molar-refractivity contribution in [2.75, 3.05) is 7.11 Å². The third-order valence-electron chi connectivity index (χ3n) is 4.90. The van der Waals surface area contributed by atoms with Gasteiger partial charge in [-0.2, -0.15) is 0 Å². The highest BCUT2D eigenvalue weighted by atomic mass is 16.5. The molecule has 4 rings (SSSR count). The Hall–Kier alpha value is -2.59. The Labute approximate surface area is 140 Å². The quantitative estimate of drug-likeness (QED) is 0.713. The molecule has 2 N–H and O–H groups in total. The monoisotopic (exact) mass is 320 g/mol. The lowest BCUT2D eigenvalue weighted by Crippen LogP contribution is -2.45. The number of methoxy groups -OCH3 is 1. The van der Waals surface area contributed by atoms with E-state index in [-0.39, 0.29) is 18.1 Å². The lowest BCUT2D eigenvalue weighted by atomic mass is 9.88. The van der Waals surface area contributed by atoms with Crippen LogP contribution >= 0.6 is 0 Å². The van der Waals surface area contributed by atoms with Crippen LogP contribution in [0, 0.1) is 6.92 Å². The van der Waals surface area contributed by atoms with Crippen LogP contribution in [0.5, 0.6) is 0 Å². The summed E-state index contributed by atoms with van der Waals surface area (Å²) in [5.41, 5.74) is 5.83. The van der Waals surface area contributed by atoms with Gasteiger partial charge in [0.1, 0.15) is 6.04 Å². The molecule has 4 heteroatoms. The van der Waals surface area contributed by atoms with Gasteiger partial charge >= 0.3 is 5.97 Å². The third-order valence-corrected chi connectivity index (χ3v) is 4.90. The average Bonchev–Trinajstić information content (AvgIpc) is 2.99. The normalized spacial score (nSPS) is 19.9. The maximum Gasteiger partial charge on any atom is 0.323 e. The second kappa shape index (κ2) is 5.80. The molecule has 0 fully saturated rings. The van der Waals surface area contributed by atoms with Crippen LogP contribution in [0.1, 0.15) is 28.4 Å². The third kappa shape index (κ3) is 2.31. The summed E-state index contributed by atoms with van der Waals surface area (Å²) in [6, 6.07) is 16.1. The van der Waals surface area contributed by atoms with Crippen molar-refractivity contribution < 1.29 is 9.53 Å². The molecule has 1 aromatic heterocycles. The van der Waals surface area contributed by atoms with Gasteiger partial charge in [0.25, 0.3) is 0 Å². The van der Waals surface area contributed by atoms with E-state index in [1.54, 1.807) is 0 Å². The average molecular weight is 320 g/mol. The zero-order valence-corrected chi connectivity index (χ0v) is 13.8. The van der Waals surface area contributed by atoms with Crippen molar-refractivity contribution in [3.8, 4) is 0 Å². The molecule has 3 aromatic rings. The van der Waals surface area contributed by atoms with Crippen LogP contribution in [0.15, 0.2) is 48.5 Å². The van der Waals surface area contributed by atoms with Crippen LogP contribution in [0.25, 0.3) is 10.9 Å². The molecule has 0 saturated heterocycles. The highest BCUT2D eigenvalue weighted by molar-refractivity contribution is 5.87. The molecule has 1 aliphatic rings. The van der Waals surface area contributed by atoms with Crippen molar-refractivity contribution in [2.45, 2.75) is 25.4 Å². The number of aromatic amines is 1. The summed E-state index contributed by atoms with van der Waals surface area (Å²) in [5.74, 6) is -0.218. The summed E-state index contributed by atoms with van der Waals surface area (Å²) in [5, 5.41) is 4.65. The van der Waals surface area contributed by atoms with Crippen molar-refractivity contribution >= 4 is 16.9 Å². The van der Waals surface area contributed by atoms with Crippen LogP contribution < -0.4 is 5.32 Å². The number of benzene rings is 2. The molecule has 0 bridgehead atoms. The van der Waals surface area contributed by atoms with Gasteiger partial charge in [-0.1, -0.05) is 42.5 Å². The molecular formula is C20H20N2O2. The Morgan fingerprint density at radius 1 is 1.12 bits per heavy atom. The van der Waals surface area contributed by atoms with Gasteiger partial charge in [0.2, 0.25) is 0 Å². The Kier molecular flexibility index (Phi) is 3.62. The number of carbonyl (C=O) groups is 1. The first-order valence-corrected chi connectivity index (χ1v) is 8.18. The molecule has 0 saturated carbocycles. The number of rotatable bonds is 2. The first kappa shape index (κ1) is 15.0. The standard InChI is InChI=1S/C20H20N2O2/c1-12-7-3-4-8-13(12)18-19-15(11-17(22-18)20(23)24-2)14-9-5-6-10-16(14)21-19/h3-10,17-18,21-22H,11H2,1-2H3/t17-,18-/m1/s1. The lowest BCUT2D eigenvalue weighted by Gasteiger charge is -2.31. The number of carbonyl (C=O) groups excluding carboxylic acids is 1. The van der Waals surface area contributed by atoms with Gasteiger partial charge in [0, 0.05) is 23.0 Å². The SMILES string of the molecule is COC(=O)[C@H]1Cc2c([nH]c3ccccc23)[C@@H](c2ccccc2C)N1. The van der Waals surface area contributed by atoms with Crippen molar-refractivity contribution in [1.82, 2.24) is 10.3 Å². The number of ether oxygens (including phenoxy) is 1. The molecule has 0 radical (unpaired) electrons. The summed E-state index contributed by atoms with van der Waals surface area (Å²) in [7, 11) is 1.44. The van der Waals surface area contributed by atoms with E-state index in [0.29, 0.717) is 6.42 Å². The van der Waals surface area contributed by atoms with E-state index in [1.807, 2.05) is 24.3 Å². The minimum Gasteiger partial charge on any atom is -0.468 e. The molecule has 2 heterocycles. The molecular weight excluding hydrogens is 300 g/mol. The Balaban J connectivity index is 1.90. The van der Waals surface area contributed by atoms with Crippen molar-refractivity contribution in [2.24, 2.45) is 0 Å². The second-order valence-electron chi connectivity index (χ2n) is 6.30. The minimum atomic E-state index is -0.341. The number of aromatic nitrogens is 1. The van der Waals surface area contributed by atoms with Crippen molar-refractivity contribution in [3.05, 3.63) is 70.9 Å². The molecule has 2 atom stereocenters. The number of H-pyrrole nitrogens is 1. The predicted octanol–water partition coefficient (Wildman–Crippen LogP) is 3.25. The van der Waals surface area contributed by atoms with Gasteiger partial charge in [-0.25, -0.2) is 0 Å². The van der Waals surface area contributed by atoms with Gasteiger partial charge in [-0.15, -0.1) is 0 Å². The van der Waals surface area contributed by atoms with Crippen LogP contribution in [-0.4, -0.2) is 24.1 Å². The summed E-state index contributed by atoms with van der Waals surface area (Å²) in [4.78, 5) is 15.8. The molecule has 2 aromatic carbocycles. The molecule has 0 amide bonds. The van der Waals surface area contributed by atoms with Gasteiger partial charge in [0.15, 0.2) is 0 Å². The van der Waals surface area contributed by atoms with E-state index in [0.717, 1.165) is 11.2 Å².